The van der Waals surface area contributed by atoms with Crippen LogP contribution in [-0.4, -0.2) is 23.4 Å². The highest BCUT2D eigenvalue weighted by molar-refractivity contribution is 8.00. The van der Waals surface area contributed by atoms with E-state index in [1.807, 2.05) is 60.4 Å². The molecule has 136 valence electrons. The average molecular weight is 389 g/mol. The van der Waals surface area contributed by atoms with Gasteiger partial charge in [0.15, 0.2) is 0 Å². The number of alkyl halides is 1. The number of amides is 2. The van der Waals surface area contributed by atoms with Crippen molar-refractivity contribution in [1.29, 1.82) is 0 Å². The third-order valence-corrected chi connectivity index (χ3v) is 5.72. The smallest absolute Gasteiger partial charge is 0.238 e. The highest BCUT2D eigenvalue weighted by atomic mass is 35.5. The molecule has 6 heteroatoms. The van der Waals surface area contributed by atoms with E-state index in [1.54, 1.807) is 11.8 Å². The molecule has 1 aliphatic heterocycles. The molecule has 0 spiro atoms. The molecule has 0 aromatic heterocycles. The van der Waals surface area contributed by atoms with Crippen LogP contribution in [0.15, 0.2) is 48.5 Å². The first kappa shape index (κ1) is 18.8. The molecule has 4 nitrogen and oxygen atoms in total. The minimum atomic E-state index is -0.0942. The van der Waals surface area contributed by atoms with Crippen molar-refractivity contribution in [3.8, 4) is 0 Å². The van der Waals surface area contributed by atoms with E-state index in [4.69, 9.17) is 11.6 Å². The Kier molecular flexibility index (Phi) is 6.22. The lowest BCUT2D eigenvalue weighted by Gasteiger charge is -2.26. The molecule has 0 bridgehead atoms. The predicted molar refractivity (Wildman–Crippen MR) is 109 cm³/mol. The highest BCUT2D eigenvalue weighted by Gasteiger charge is 2.34. The van der Waals surface area contributed by atoms with Crippen molar-refractivity contribution in [2.75, 3.05) is 21.8 Å². The van der Waals surface area contributed by atoms with Gasteiger partial charge in [-0.15, -0.1) is 23.4 Å². The molecule has 1 aliphatic rings. The van der Waals surface area contributed by atoms with Gasteiger partial charge < -0.3 is 5.32 Å². The summed E-state index contributed by atoms with van der Waals surface area (Å²) in [6, 6.07) is 15.6. The number of nitrogens with one attached hydrogen (secondary N) is 1. The van der Waals surface area contributed by atoms with E-state index >= 15 is 0 Å². The van der Waals surface area contributed by atoms with Gasteiger partial charge in [0.05, 0.1) is 5.75 Å². The van der Waals surface area contributed by atoms with Crippen LogP contribution in [0.5, 0.6) is 0 Å². The molecular formula is C20H21ClN2O2S. The van der Waals surface area contributed by atoms with E-state index < -0.39 is 0 Å². The largest absolute Gasteiger partial charge is 0.326 e. The maximum Gasteiger partial charge on any atom is 0.238 e. The number of para-hydroxylation sites is 1. The van der Waals surface area contributed by atoms with Gasteiger partial charge >= 0.3 is 0 Å². The van der Waals surface area contributed by atoms with Gasteiger partial charge in [0.25, 0.3) is 0 Å². The summed E-state index contributed by atoms with van der Waals surface area (Å²) >= 11 is 7.24. The third-order valence-electron chi connectivity index (χ3n) is 4.24. The van der Waals surface area contributed by atoms with Gasteiger partial charge in [0, 0.05) is 23.7 Å². The molecule has 1 atom stereocenters. The van der Waals surface area contributed by atoms with Gasteiger partial charge in [0.2, 0.25) is 11.8 Å². The Balaban J connectivity index is 1.84. The molecule has 2 amide bonds. The minimum absolute atomic E-state index is 0.0475. The lowest BCUT2D eigenvalue weighted by Crippen LogP contribution is -2.28. The fourth-order valence-corrected chi connectivity index (χ4v) is 4.28. The van der Waals surface area contributed by atoms with Crippen LogP contribution in [0.4, 0.5) is 11.4 Å². The number of benzene rings is 2. The second-order valence-corrected chi connectivity index (χ2v) is 7.63. The Bertz CT molecular complexity index is 812. The minimum Gasteiger partial charge on any atom is -0.326 e. The van der Waals surface area contributed by atoms with Crippen molar-refractivity contribution in [2.45, 2.75) is 25.1 Å². The number of hydrogen-bond acceptors (Lipinski definition) is 3. The molecule has 0 unspecified atom stereocenters. The van der Waals surface area contributed by atoms with Gasteiger partial charge in [-0.25, -0.2) is 0 Å². The summed E-state index contributed by atoms with van der Waals surface area (Å²) in [5.41, 5.74) is 3.74. The number of carbonyl (C=O) groups excluding carboxylic acids is 2. The number of thioether (sulfide) groups is 1. The Morgan fingerprint density at radius 1 is 1.27 bits per heavy atom. The summed E-state index contributed by atoms with van der Waals surface area (Å²) in [7, 11) is 0. The van der Waals surface area contributed by atoms with Gasteiger partial charge in [0.1, 0.15) is 5.37 Å². The number of carbonyl (C=O) groups is 2. The summed E-state index contributed by atoms with van der Waals surface area (Å²) in [5.74, 6) is 0.977. The molecule has 0 radical (unpaired) electrons. The molecule has 1 heterocycles. The topological polar surface area (TPSA) is 49.4 Å². The van der Waals surface area contributed by atoms with Crippen LogP contribution in [-0.2, 0) is 9.59 Å². The SMILES string of the molecule is Cc1ccccc1N1C(=O)CS[C@H]1c1cccc(NC(=O)CCCCl)c1. The molecule has 1 N–H and O–H groups in total. The lowest BCUT2D eigenvalue weighted by atomic mass is 10.1. The number of rotatable bonds is 6. The predicted octanol–water partition coefficient (Wildman–Crippen LogP) is 4.73. The first-order valence-electron chi connectivity index (χ1n) is 8.55. The van der Waals surface area contributed by atoms with Gasteiger partial charge in [-0.3, -0.25) is 14.5 Å². The van der Waals surface area contributed by atoms with Crippen LogP contribution < -0.4 is 10.2 Å². The Morgan fingerprint density at radius 3 is 2.85 bits per heavy atom. The van der Waals surface area contributed by atoms with Gasteiger partial charge in [-0.2, -0.15) is 0 Å². The molecule has 0 aliphatic carbocycles. The van der Waals surface area contributed by atoms with Crippen molar-refractivity contribution in [1.82, 2.24) is 0 Å². The number of halogens is 1. The van der Waals surface area contributed by atoms with Crippen LogP contribution in [0.2, 0.25) is 0 Å². The molecule has 0 saturated carbocycles. The second-order valence-electron chi connectivity index (χ2n) is 6.18. The summed E-state index contributed by atoms with van der Waals surface area (Å²) in [6.07, 6.45) is 1.06. The van der Waals surface area contributed by atoms with Gasteiger partial charge in [-0.05, 0) is 42.7 Å². The number of nitrogens with zero attached hydrogens (tertiary/aromatic N) is 1. The molecule has 2 aromatic rings. The average Bonchev–Trinajstić information content (AvgIpc) is 3.02. The quantitative estimate of drug-likeness (QED) is 0.727. The monoisotopic (exact) mass is 388 g/mol. The van der Waals surface area contributed by atoms with E-state index in [2.05, 4.69) is 5.32 Å². The van der Waals surface area contributed by atoms with Crippen molar-refractivity contribution < 1.29 is 9.59 Å². The van der Waals surface area contributed by atoms with Crippen LogP contribution in [0.1, 0.15) is 29.3 Å². The van der Waals surface area contributed by atoms with Crippen molar-refractivity contribution >= 4 is 46.6 Å². The maximum atomic E-state index is 12.5. The van der Waals surface area contributed by atoms with E-state index in [0.717, 1.165) is 22.5 Å². The standard InChI is InChI=1S/C20H21ClN2O2S/c1-14-6-2-3-9-17(14)23-19(25)13-26-20(23)15-7-4-8-16(12-15)22-18(24)10-5-11-21/h2-4,6-9,12,20H,5,10-11,13H2,1H3,(H,22,24)/t20-/m0/s1. The Hall–Kier alpha value is -1.98. The van der Waals surface area contributed by atoms with E-state index in [1.165, 1.54) is 0 Å². The van der Waals surface area contributed by atoms with E-state index in [9.17, 15) is 9.59 Å². The Labute approximate surface area is 162 Å². The van der Waals surface area contributed by atoms with Gasteiger partial charge in [-0.1, -0.05) is 30.3 Å². The molecule has 2 aromatic carbocycles. The fraction of sp³-hybridized carbons (Fsp3) is 0.300. The normalized spacial score (nSPS) is 16.8. The van der Waals surface area contributed by atoms with Crippen molar-refractivity contribution in [2.24, 2.45) is 0 Å². The maximum absolute atomic E-state index is 12.5. The van der Waals surface area contributed by atoms with Crippen LogP contribution >= 0.6 is 23.4 Å². The first-order valence-corrected chi connectivity index (χ1v) is 10.1. The lowest BCUT2D eigenvalue weighted by molar-refractivity contribution is -0.116. The fourth-order valence-electron chi connectivity index (χ4n) is 2.99. The van der Waals surface area contributed by atoms with Crippen molar-refractivity contribution in [3.05, 3.63) is 59.7 Å². The summed E-state index contributed by atoms with van der Waals surface area (Å²) < 4.78 is 0. The van der Waals surface area contributed by atoms with Crippen LogP contribution in [0, 0.1) is 6.92 Å². The van der Waals surface area contributed by atoms with Crippen LogP contribution in [0.25, 0.3) is 0 Å². The Morgan fingerprint density at radius 2 is 2.08 bits per heavy atom. The molecule has 1 fully saturated rings. The number of aryl methyl sites for hydroxylation is 1. The highest BCUT2D eigenvalue weighted by Crippen LogP contribution is 2.43. The summed E-state index contributed by atoms with van der Waals surface area (Å²) in [4.78, 5) is 26.3. The summed E-state index contributed by atoms with van der Waals surface area (Å²) in [5, 5.41) is 2.81. The molecule has 3 rings (SSSR count). The van der Waals surface area contributed by atoms with E-state index in [0.29, 0.717) is 24.5 Å². The molecule has 1 saturated heterocycles. The number of hydrogen-bond donors (Lipinski definition) is 1. The zero-order valence-corrected chi connectivity index (χ0v) is 16.1. The first-order chi connectivity index (χ1) is 12.6. The summed E-state index contributed by atoms with van der Waals surface area (Å²) in [6.45, 7) is 2.01. The van der Waals surface area contributed by atoms with Crippen LogP contribution in [0.3, 0.4) is 0 Å². The van der Waals surface area contributed by atoms with Crippen molar-refractivity contribution in [3.63, 3.8) is 0 Å². The third kappa shape index (κ3) is 4.22. The number of anilines is 2. The second kappa shape index (κ2) is 8.60. The molecular weight excluding hydrogens is 368 g/mol. The zero-order chi connectivity index (χ0) is 18.5. The zero-order valence-electron chi connectivity index (χ0n) is 14.6. The van der Waals surface area contributed by atoms with E-state index in [-0.39, 0.29) is 17.2 Å². The molecule has 26 heavy (non-hydrogen) atoms.